The van der Waals surface area contributed by atoms with Crippen LogP contribution in [0.3, 0.4) is 0 Å². The first-order valence-electron chi connectivity index (χ1n) is 8.48. The van der Waals surface area contributed by atoms with Crippen molar-refractivity contribution in [3.8, 4) is 17.2 Å². The molecule has 1 aliphatic rings. The molecule has 8 nitrogen and oxygen atoms in total. The second-order valence-electron chi connectivity index (χ2n) is 6.16. The number of hydrogen-bond donors (Lipinski definition) is 0. The van der Waals surface area contributed by atoms with Crippen LogP contribution in [0.5, 0.6) is 5.75 Å². The summed E-state index contributed by atoms with van der Waals surface area (Å²) >= 11 is 0. The molecule has 1 saturated heterocycles. The first-order valence-corrected chi connectivity index (χ1v) is 10.1. The van der Waals surface area contributed by atoms with Gasteiger partial charge in [0.1, 0.15) is 11.5 Å². The zero-order chi connectivity index (χ0) is 18.6. The van der Waals surface area contributed by atoms with Crippen molar-refractivity contribution in [3.05, 3.63) is 24.3 Å². The van der Waals surface area contributed by atoms with Crippen LogP contribution in [0.2, 0.25) is 0 Å². The minimum absolute atomic E-state index is 0.0599. The molecular formula is C17H21N3O5S. The van der Waals surface area contributed by atoms with Gasteiger partial charge in [0.05, 0.1) is 7.11 Å². The Morgan fingerprint density at radius 1 is 1.19 bits per heavy atom. The van der Waals surface area contributed by atoms with Crippen molar-refractivity contribution in [1.29, 1.82) is 0 Å². The predicted molar refractivity (Wildman–Crippen MR) is 93.4 cm³/mol. The van der Waals surface area contributed by atoms with Crippen LogP contribution in [0.4, 0.5) is 0 Å². The molecule has 0 atom stereocenters. The Morgan fingerprint density at radius 3 is 2.62 bits per heavy atom. The Kier molecular flexibility index (Phi) is 5.55. The third kappa shape index (κ3) is 4.21. The lowest BCUT2D eigenvalue weighted by Crippen LogP contribution is -2.36. The average molecular weight is 379 g/mol. The Hall–Kier alpha value is -2.42. The second-order valence-corrected chi connectivity index (χ2v) is 8.03. The maximum Gasteiger partial charge on any atom is 0.336 e. The number of methoxy groups -OCH3 is 1. The zero-order valence-corrected chi connectivity index (χ0v) is 15.4. The van der Waals surface area contributed by atoms with E-state index in [0.717, 1.165) is 25.7 Å². The lowest BCUT2D eigenvalue weighted by atomic mass is 10.2. The third-order valence-corrected chi connectivity index (χ3v) is 5.59. The van der Waals surface area contributed by atoms with Gasteiger partial charge in [-0.15, -0.1) is 5.10 Å². The normalized spacial score (nSPS) is 15.5. The second kappa shape index (κ2) is 7.86. The molecule has 0 spiro atoms. The van der Waals surface area contributed by atoms with E-state index < -0.39 is 26.7 Å². The number of carbonyl (C=O) groups is 1. The Labute approximate surface area is 152 Å². The molecule has 2 aromatic rings. The van der Waals surface area contributed by atoms with Gasteiger partial charge in [-0.1, -0.05) is 24.0 Å². The van der Waals surface area contributed by atoms with Crippen LogP contribution >= 0.6 is 0 Å². The summed E-state index contributed by atoms with van der Waals surface area (Å²) in [5, 5.41) is 6.86. The molecule has 1 aromatic heterocycles. The molecule has 0 bridgehead atoms. The molecule has 2 heterocycles. The maximum atomic E-state index is 12.5. The van der Waals surface area contributed by atoms with Gasteiger partial charge in [0.25, 0.3) is 0 Å². The van der Waals surface area contributed by atoms with Crippen LogP contribution in [0.15, 0.2) is 33.9 Å². The van der Waals surface area contributed by atoms with Gasteiger partial charge in [-0.2, -0.15) is 0 Å². The number of likely N-dealkylation sites (tertiary alicyclic amines) is 1. The summed E-state index contributed by atoms with van der Waals surface area (Å²) < 4.78 is 35.4. The van der Waals surface area contributed by atoms with Gasteiger partial charge in [-0.05, 0) is 31.0 Å². The fourth-order valence-corrected chi connectivity index (χ4v) is 3.85. The van der Waals surface area contributed by atoms with E-state index in [2.05, 4.69) is 10.2 Å². The lowest BCUT2D eigenvalue weighted by molar-refractivity contribution is -0.128. The van der Waals surface area contributed by atoms with E-state index in [1.165, 1.54) is 7.11 Å². The lowest BCUT2D eigenvalue weighted by Gasteiger charge is -2.19. The molecule has 26 heavy (non-hydrogen) atoms. The van der Waals surface area contributed by atoms with Crippen molar-refractivity contribution in [2.45, 2.75) is 30.9 Å². The smallest absolute Gasteiger partial charge is 0.336 e. The van der Waals surface area contributed by atoms with Crippen LogP contribution in [-0.2, 0) is 14.6 Å². The van der Waals surface area contributed by atoms with Crippen molar-refractivity contribution in [2.24, 2.45) is 0 Å². The van der Waals surface area contributed by atoms with Crippen molar-refractivity contribution in [3.63, 3.8) is 0 Å². The molecule has 1 aromatic carbocycles. The number of nitrogens with zero attached hydrogens (tertiary/aromatic N) is 3. The minimum atomic E-state index is -3.99. The number of ether oxygens (including phenoxy) is 1. The van der Waals surface area contributed by atoms with Crippen LogP contribution in [0.1, 0.15) is 25.7 Å². The van der Waals surface area contributed by atoms with Crippen molar-refractivity contribution in [1.82, 2.24) is 15.1 Å². The number of aromatic nitrogens is 2. The fourth-order valence-electron chi connectivity index (χ4n) is 2.84. The highest BCUT2D eigenvalue weighted by molar-refractivity contribution is 7.91. The summed E-state index contributed by atoms with van der Waals surface area (Å²) in [7, 11) is -2.46. The van der Waals surface area contributed by atoms with Crippen LogP contribution in [-0.4, -0.2) is 55.4 Å². The monoisotopic (exact) mass is 379 g/mol. The third-order valence-electron chi connectivity index (χ3n) is 4.26. The summed E-state index contributed by atoms with van der Waals surface area (Å²) in [6.45, 7) is 1.18. The summed E-state index contributed by atoms with van der Waals surface area (Å²) in [6, 6.07) is 6.84. The highest BCUT2D eigenvalue weighted by Gasteiger charge is 2.29. The predicted octanol–water partition coefficient (Wildman–Crippen LogP) is 1.92. The topological polar surface area (TPSA) is 103 Å². The summed E-state index contributed by atoms with van der Waals surface area (Å²) in [5.74, 6) is -0.439. The van der Waals surface area contributed by atoms with E-state index in [1.807, 2.05) is 0 Å². The largest absolute Gasteiger partial charge is 0.497 e. The molecule has 1 aliphatic heterocycles. The first kappa shape index (κ1) is 18.4. The van der Waals surface area contributed by atoms with E-state index >= 15 is 0 Å². The number of rotatable bonds is 5. The van der Waals surface area contributed by atoms with E-state index in [4.69, 9.17) is 9.15 Å². The Bertz CT molecular complexity index is 870. The number of amides is 1. The fraction of sp³-hybridized carbons (Fsp3) is 0.471. The van der Waals surface area contributed by atoms with Crippen LogP contribution in [0.25, 0.3) is 11.5 Å². The number of carbonyl (C=O) groups excluding carboxylic acids is 1. The van der Waals surface area contributed by atoms with Gasteiger partial charge in [0.15, 0.2) is 0 Å². The van der Waals surface area contributed by atoms with E-state index in [1.54, 1.807) is 29.2 Å². The van der Waals surface area contributed by atoms with Gasteiger partial charge < -0.3 is 14.1 Å². The molecule has 1 amide bonds. The van der Waals surface area contributed by atoms with Gasteiger partial charge in [-0.25, -0.2) is 8.42 Å². The van der Waals surface area contributed by atoms with E-state index in [-0.39, 0.29) is 5.89 Å². The van der Waals surface area contributed by atoms with Gasteiger partial charge in [0, 0.05) is 18.7 Å². The first-order chi connectivity index (χ1) is 12.5. The van der Waals surface area contributed by atoms with Crippen molar-refractivity contribution >= 4 is 15.7 Å². The van der Waals surface area contributed by atoms with Crippen molar-refractivity contribution < 1.29 is 22.4 Å². The van der Waals surface area contributed by atoms with Crippen LogP contribution < -0.4 is 4.74 Å². The van der Waals surface area contributed by atoms with Crippen molar-refractivity contribution in [2.75, 3.05) is 26.0 Å². The van der Waals surface area contributed by atoms with E-state index in [0.29, 0.717) is 24.4 Å². The molecule has 0 unspecified atom stereocenters. The van der Waals surface area contributed by atoms with Gasteiger partial charge >= 0.3 is 5.22 Å². The average Bonchev–Trinajstić information content (AvgIpc) is 2.98. The van der Waals surface area contributed by atoms with Crippen LogP contribution in [0, 0.1) is 0 Å². The Balaban J connectivity index is 1.75. The molecular weight excluding hydrogens is 358 g/mol. The molecule has 9 heteroatoms. The maximum absolute atomic E-state index is 12.5. The molecule has 0 radical (unpaired) electrons. The number of sulfone groups is 1. The van der Waals surface area contributed by atoms with Gasteiger partial charge in [-0.3, -0.25) is 4.79 Å². The Morgan fingerprint density at radius 2 is 1.92 bits per heavy atom. The summed E-state index contributed by atoms with van der Waals surface area (Å²) in [4.78, 5) is 13.9. The zero-order valence-electron chi connectivity index (χ0n) is 14.6. The molecule has 3 rings (SSSR count). The van der Waals surface area contributed by atoms with E-state index in [9.17, 15) is 13.2 Å². The molecule has 1 fully saturated rings. The summed E-state index contributed by atoms with van der Waals surface area (Å²) in [5.41, 5.74) is 0.539. The molecule has 0 aliphatic carbocycles. The quantitative estimate of drug-likeness (QED) is 0.782. The van der Waals surface area contributed by atoms with Gasteiger partial charge in [0.2, 0.25) is 21.6 Å². The standard InChI is InChI=1S/C17H21N3O5S/c1-24-14-8-6-7-13(11-14)16-18-19-17(25-16)26(22,23)12-15(21)20-9-4-2-3-5-10-20/h6-8,11H,2-5,9-10,12H2,1H3. The summed E-state index contributed by atoms with van der Waals surface area (Å²) in [6.07, 6.45) is 3.91. The molecule has 140 valence electrons. The SMILES string of the molecule is COc1cccc(-c2nnc(S(=O)(=O)CC(=O)N3CCCCCC3)o2)c1. The number of benzene rings is 1. The highest BCUT2D eigenvalue weighted by atomic mass is 32.2. The number of hydrogen-bond acceptors (Lipinski definition) is 7. The minimum Gasteiger partial charge on any atom is -0.497 e. The highest BCUT2D eigenvalue weighted by Crippen LogP contribution is 2.24. The molecule has 0 saturated carbocycles. The molecule has 0 N–H and O–H groups in total.